The lowest BCUT2D eigenvalue weighted by Crippen LogP contribution is -2.05. The van der Waals surface area contributed by atoms with Crippen LogP contribution >= 0.6 is 11.3 Å². The van der Waals surface area contributed by atoms with Crippen LogP contribution in [0.4, 0.5) is 0 Å². The Bertz CT molecular complexity index is 317. The summed E-state index contributed by atoms with van der Waals surface area (Å²) >= 11 is 1.43. The average molecular weight is 198 g/mol. The van der Waals surface area contributed by atoms with Crippen LogP contribution in [-0.2, 0) is 0 Å². The lowest BCUT2D eigenvalue weighted by atomic mass is 10.1. The Hall–Kier alpha value is -1.23. The normalized spacial score (nSPS) is 12.1. The highest BCUT2D eigenvalue weighted by atomic mass is 32.1. The zero-order valence-electron chi connectivity index (χ0n) is 7.43. The summed E-state index contributed by atoms with van der Waals surface area (Å²) in [6.45, 7) is 3.59. The van der Waals surface area contributed by atoms with E-state index in [0.29, 0.717) is 5.69 Å². The summed E-state index contributed by atoms with van der Waals surface area (Å²) in [7, 11) is 0. The molecule has 1 aromatic heterocycles. The van der Waals surface area contributed by atoms with E-state index in [4.69, 9.17) is 0 Å². The molecule has 4 nitrogen and oxygen atoms in total. The molecule has 0 aliphatic carbocycles. The number of hydrogen-bond donors (Lipinski definition) is 0. The van der Waals surface area contributed by atoms with Gasteiger partial charge in [0.1, 0.15) is 0 Å². The van der Waals surface area contributed by atoms with Crippen LogP contribution in [0.5, 0.6) is 0 Å². The molecule has 1 aromatic rings. The molecular weight excluding hydrogens is 188 g/mol. The number of nitro groups is 1. The molecule has 0 N–H and O–H groups in total. The number of hydrogen-bond acceptors (Lipinski definition) is 4. The van der Waals surface area contributed by atoms with Gasteiger partial charge in [0.25, 0.3) is 5.70 Å². The van der Waals surface area contributed by atoms with E-state index in [9.17, 15) is 10.1 Å². The largest absolute Gasteiger partial charge is 0.259 e. The van der Waals surface area contributed by atoms with Crippen LogP contribution in [0.3, 0.4) is 0 Å². The van der Waals surface area contributed by atoms with Crippen molar-refractivity contribution in [3.05, 3.63) is 32.4 Å². The molecule has 0 bridgehead atoms. The third kappa shape index (κ3) is 2.62. The van der Waals surface area contributed by atoms with Crippen molar-refractivity contribution in [3.63, 3.8) is 0 Å². The van der Waals surface area contributed by atoms with Gasteiger partial charge in [-0.1, -0.05) is 13.8 Å². The van der Waals surface area contributed by atoms with Crippen molar-refractivity contribution in [2.45, 2.75) is 13.8 Å². The Morgan fingerprint density at radius 3 is 2.85 bits per heavy atom. The zero-order chi connectivity index (χ0) is 9.84. The van der Waals surface area contributed by atoms with Crippen LogP contribution < -0.4 is 0 Å². The van der Waals surface area contributed by atoms with Crippen molar-refractivity contribution in [2.75, 3.05) is 0 Å². The first kappa shape index (κ1) is 9.85. The molecule has 0 spiro atoms. The summed E-state index contributed by atoms with van der Waals surface area (Å²) in [4.78, 5) is 14.2. The van der Waals surface area contributed by atoms with Gasteiger partial charge in [-0.05, 0) is 0 Å². The number of aromatic nitrogens is 1. The van der Waals surface area contributed by atoms with Crippen LogP contribution in [0.25, 0.3) is 6.08 Å². The first-order valence-electron chi connectivity index (χ1n) is 3.85. The molecule has 0 saturated carbocycles. The predicted molar refractivity (Wildman–Crippen MR) is 51.9 cm³/mol. The van der Waals surface area contributed by atoms with E-state index in [0.717, 1.165) is 0 Å². The lowest BCUT2D eigenvalue weighted by Gasteiger charge is -1.99. The molecule has 0 aromatic carbocycles. The highest BCUT2D eigenvalue weighted by Gasteiger charge is 2.15. The van der Waals surface area contributed by atoms with Gasteiger partial charge < -0.3 is 0 Å². The number of thiazole rings is 1. The summed E-state index contributed by atoms with van der Waals surface area (Å²) in [6.07, 6.45) is 1.52. The minimum atomic E-state index is -0.357. The van der Waals surface area contributed by atoms with E-state index in [1.54, 1.807) is 24.7 Å². The van der Waals surface area contributed by atoms with Gasteiger partial charge in [-0.25, -0.2) is 4.98 Å². The van der Waals surface area contributed by atoms with Crippen LogP contribution in [0, 0.1) is 16.0 Å². The lowest BCUT2D eigenvalue weighted by molar-refractivity contribution is -0.431. The Morgan fingerprint density at radius 2 is 2.46 bits per heavy atom. The van der Waals surface area contributed by atoms with Gasteiger partial charge in [-0.2, -0.15) is 0 Å². The fourth-order valence-electron chi connectivity index (χ4n) is 0.875. The maximum atomic E-state index is 10.6. The average Bonchev–Trinajstić information content (AvgIpc) is 2.50. The Morgan fingerprint density at radius 1 is 1.77 bits per heavy atom. The fourth-order valence-corrected chi connectivity index (χ4v) is 1.39. The number of rotatable bonds is 3. The van der Waals surface area contributed by atoms with Crippen molar-refractivity contribution >= 4 is 17.4 Å². The van der Waals surface area contributed by atoms with E-state index in [1.807, 2.05) is 0 Å². The molecule has 0 unspecified atom stereocenters. The third-order valence-electron chi connectivity index (χ3n) is 1.55. The van der Waals surface area contributed by atoms with Crippen molar-refractivity contribution in [3.8, 4) is 0 Å². The maximum Gasteiger partial charge on any atom is 0.250 e. The van der Waals surface area contributed by atoms with Gasteiger partial charge in [0.2, 0.25) is 0 Å². The summed E-state index contributed by atoms with van der Waals surface area (Å²) in [5.74, 6) is -0.0864. The fraction of sp³-hybridized carbons (Fsp3) is 0.375. The van der Waals surface area contributed by atoms with E-state index in [-0.39, 0.29) is 16.5 Å². The minimum Gasteiger partial charge on any atom is -0.259 e. The number of allylic oxidation sites excluding steroid dienone is 1. The quantitative estimate of drug-likeness (QED) is 0.553. The zero-order valence-corrected chi connectivity index (χ0v) is 8.25. The molecule has 70 valence electrons. The van der Waals surface area contributed by atoms with Crippen LogP contribution in [-0.4, -0.2) is 9.91 Å². The van der Waals surface area contributed by atoms with E-state index in [2.05, 4.69) is 4.98 Å². The molecule has 0 fully saturated rings. The van der Waals surface area contributed by atoms with Crippen molar-refractivity contribution < 1.29 is 4.92 Å². The monoisotopic (exact) mass is 198 g/mol. The summed E-state index contributed by atoms with van der Waals surface area (Å²) in [6, 6.07) is 0. The smallest absolute Gasteiger partial charge is 0.250 e. The Balaban J connectivity index is 2.94. The third-order valence-corrected chi connectivity index (χ3v) is 2.15. The van der Waals surface area contributed by atoms with E-state index < -0.39 is 0 Å². The SMILES string of the molecule is CC(C)C(=Cc1cscn1)[N+](=O)[O-]. The van der Waals surface area contributed by atoms with Gasteiger partial charge in [-0.3, -0.25) is 10.1 Å². The predicted octanol–water partition coefficient (Wildman–Crippen LogP) is 2.42. The van der Waals surface area contributed by atoms with Crippen LogP contribution in [0.2, 0.25) is 0 Å². The van der Waals surface area contributed by atoms with Gasteiger partial charge >= 0.3 is 0 Å². The first-order chi connectivity index (χ1) is 6.11. The molecule has 13 heavy (non-hydrogen) atoms. The molecule has 0 saturated heterocycles. The molecule has 0 radical (unpaired) electrons. The van der Waals surface area contributed by atoms with Gasteiger partial charge in [0.15, 0.2) is 0 Å². The van der Waals surface area contributed by atoms with Gasteiger partial charge in [-0.15, -0.1) is 11.3 Å². The van der Waals surface area contributed by atoms with Crippen molar-refractivity contribution in [2.24, 2.45) is 5.92 Å². The standard InChI is InChI=1S/C8H10N2O2S/c1-6(2)8(10(11)12)3-7-4-13-5-9-7/h3-6H,1-2H3. The summed E-state index contributed by atoms with van der Waals surface area (Å²) in [5.41, 5.74) is 2.51. The highest BCUT2D eigenvalue weighted by molar-refractivity contribution is 7.07. The number of nitrogens with zero attached hydrogens (tertiary/aromatic N) is 2. The molecular formula is C8H10N2O2S. The summed E-state index contributed by atoms with van der Waals surface area (Å²) < 4.78 is 0. The molecule has 0 atom stereocenters. The van der Waals surface area contributed by atoms with E-state index >= 15 is 0 Å². The second-order valence-corrected chi connectivity index (χ2v) is 3.61. The van der Waals surface area contributed by atoms with Crippen LogP contribution in [0.15, 0.2) is 16.6 Å². The molecule has 0 amide bonds. The second kappa shape index (κ2) is 4.13. The van der Waals surface area contributed by atoms with Gasteiger partial charge in [0.05, 0.1) is 16.1 Å². The molecule has 1 heterocycles. The van der Waals surface area contributed by atoms with Crippen LogP contribution in [0.1, 0.15) is 19.5 Å². The Kier molecular flexibility index (Phi) is 3.13. The van der Waals surface area contributed by atoms with Crippen molar-refractivity contribution in [1.29, 1.82) is 0 Å². The highest BCUT2D eigenvalue weighted by Crippen LogP contribution is 2.14. The first-order valence-corrected chi connectivity index (χ1v) is 4.79. The molecule has 0 aliphatic heterocycles. The second-order valence-electron chi connectivity index (χ2n) is 2.89. The minimum absolute atomic E-state index is 0.0864. The molecule has 0 aliphatic rings. The van der Waals surface area contributed by atoms with Crippen molar-refractivity contribution in [1.82, 2.24) is 4.98 Å². The summed E-state index contributed by atoms with van der Waals surface area (Å²) in [5, 5.41) is 12.4. The van der Waals surface area contributed by atoms with E-state index in [1.165, 1.54) is 17.4 Å². The molecule has 5 heteroatoms. The van der Waals surface area contributed by atoms with Gasteiger partial charge in [0, 0.05) is 17.4 Å². The Labute approximate surface area is 80.1 Å². The molecule has 1 rings (SSSR count). The maximum absolute atomic E-state index is 10.6. The topological polar surface area (TPSA) is 56.0 Å².